The molecule has 2 heterocycles. The second-order valence-corrected chi connectivity index (χ2v) is 8.53. The Morgan fingerprint density at radius 2 is 1.97 bits per heavy atom. The minimum Gasteiger partial charge on any atom is -0.354 e. The van der Waals surface area contributed by atoms with Crippen molar-refractivity contribution in [3.05, 3.63) is 47.5 Å². The van der Waals surface area contributed by atoms with Crippen molar-refractivity contribution in [3.8, 4) is 0 Å². The van der Waals surface area contributed by atoms with Gasteiger partial charge in [-0.25, -0.2) is 0 Å². The largest absolute Gasteiger partial charge is 0.354 e. The van der Waals surface area contributed by atoms with E-state index in [2.05, 4.69) is 81.8 Å². The molecular weight excluding hydrogens is 501 g/mol. The lowest BCUT2D eigenvalue weighted by Crippen LogP contribution is -2.52. The minimum absolute atomic E-state index is 0. The molecule has 2 aromatic rings. The summed E-state index contributed by atoms with van der Waals surface area (Å²) >= 11 is 0. The van der Waals surface area contributed by atoms with Crippen LogP contribution in [0.15, 0.2) is 35.6 Å². The Bertz CT molecular complexity index is 810. The summed E-state index contributed by atoms with van der Waals surface area (Å²) in [5.41, 5.74) is 2.73. The van der Waals surface area contributed by atoms with E-state index in [4.69, 9.17) is 4.99 Å². The molecule has 7 nitrogen and oxygen atoms in total. The lowest BCUT2D eigenvalue weighted by Gasteiger charge is -2.36. The Morgan fingerprint density at radius 1 is 1.19 bits per heavy atom. The lowest BCUT2D eigenvalue weighted by molar-refractivity contribution is 0.172. The molecule has 0 spiro atoms. The molecule has 0 aliphatic carbocycles. The van der Waals surface area contributed by atoms with Gasteiger partial charge >= 0.3 is 0 Å². The van der Waals surface area contributed by atoms with E-state index < -0.39 is 0 Å². The molecule has 8 heteroatoms. The van der Waals surface area contributed by atoms with Gasteiger partial charge in [0.15, 0.2) is 5.96 Å². The maximum absolute atomic E-state index is 4.90. The normalized spacial score (nSPS) is 15.3. The fourth-order valence-corrected chi connectivity index (χ4v) is 3.75. The van der Waals surface area contributed by atoms with Crippen LogP contribution in [0.1, 0.15) is 37.7 Å². The van der Waals surface area contributed by atoms with Crippen molar-refractivity contribution >= 4 is 29.9 Å². The second kappa shape index (κ2) is 13.0. The Morgan fingerprint density at radius 3 is 2.65 bits per heavy atom. The van der Waals surface area contributed by atoms with E-state index in [1.807, 2.05) is 6.33 Å². The third-order valence-corrected chi connectivity index (χ3v) is 5.41. The van der Waals surface area contributed by atoms with E-state index >= 15 is 0 Å². The average molecular weight is 540 g/mol. The van der Waals surface area contributed by atoms with Gasteiger partial charge in [-0.1, -0.05) is 50.6 Å². The molecule has 1 aromatic heterocycles. The highest BCUT2D eigenvalue weighted by molar-refractivity contribution is 14.0. The highest BCUT2D eigenvalue weighted by Gasteiger charge is 2.20. The molecule has 1 aliphatic heterocycles. The molecule has 0 bridgehead atoms. The fourth-order valence-electron chi connectivity index (χ4n) is 3.75. The van der Waals surface area contributed by atoms with Gasteiger partial charge in [0.05, 0.1) is 0 Å². The van der Waals surface area contributed by atoms with E-state index in [0.29, 0.717) is 5.92 Å². The van der Waals surface area contributed by atoms with Crippen molar-refractivity contribution in [2.45, 2.75) is 47.2 Å². The number of piperazine rings is 1. The summed E-state index contributed by atoms with van der Waals surface area (Å²) in [6, 6.07) is 8.83. The van der Waals surface area contributed by atoms with Crippen LogP contribution in [0, 0.1) is 12.8 Å². The molecule has 172 valence electrons. The zero-order valence-electron chi connectivity index (χ0n) is 19.4. The van der Waals surface area contributed by atoms with Gasteiger partial charge in [-0.15, -0.1) is 34.2 Å². The third-order valence-electron chi connectivity index (χ3n) is 5.41. The number of nitrogens with zero attached hydrogens (tertiary/aromatic N) is 6. The number of aromatic nitrogens is 3. The molecule has 0 radical (unpaired) electrons. The highest BCUT2D eigenvalue weighted by Crippen LogP contribution is 2.11. The van der Waals surface area contributed by atoms with Crippen LogP contribution in [0.3, 0.4) is 0 Å². The SMILES string of the molecule is CCc1nncn1CCNC(=NCC(C)C)N1CCN(Cc2cccc(C)c2)CC1.I. The van der Waals surface area contributed by atoms with E-state index in [1.165, 1.54) is 11.1 Å². The first kappa shape index (κ1) is 25.6. The van der Waals surface area contributed by atoms with Gasteiger partial charge in [-0.2, -0.15) is 0 Å². The number of halogens is 1. The maximum Gasteiger partial charge on any atom is 0.194 e. The number of nitrogens with one attached hydrogen (secondary N) is 1. The van der Waals surface area contributed by atoms with Crippen LogP contribution in [0.25, 0.3) is 0 Å². The molecule has 0 amide bonds. The Labute approximate surface area is 204 Å². The molecule has 1 aromatic carbocycles. The van der Waals surface area contributed by atoms with Gasteiger partial charge in [0, 0.05) is 58.8 Å². The first-order valence-corrected chi connectivity index (χ1v) is 11.2. The first-order chi connectivity index (χ1) is 14.5. The molecule has 1 saturated heterocycles. The maximum atomic E-state index is 4.90. The number of hydrogen-bond acceptors (Lipinski definition) is 4. The number of guanidine groups is 1. The highest BCUT2D eigenvalue weighted by atomic mass is 127. The van der Waals surface area contributed by atoms with Crippen molar-refractivity contribution in [1.29, 1.82) is 0 Å². The van der Waals surface area contributed by atoms with Gasteiger partial charge in [0.2, 0.25) is 0 Å². The minimum atomic E-state index is 0. The number of hydrogen-bond donors (Lipinski definition) is 1. The first-order valence-electron chi connectivity index (χ1n) is 11.2. The van der Waals surface area contributed by atoms with E-state index in [1.54, 1.807) is 0 Å². The smallest absolute Gasteiger partial charge is 0.194 e. The van der Waals surface area contributed by atoms with Crippen LogP contribution < -0.4 is 5.32 Å². The molecule has 1 N–H and O–H groups in total. The molecule has 1 fully saturated rings. The van der Waals surface area contributed by atoms with Crippen molar-refractivity contribution in [3.63, 3.8) is 0 Å². The van der Waals surface area contributed by atoms with Crippen LogP contribution in [-0.2, 0) is 19.5 Å². The van der Waals surface area contributed by atoms with Gasteiger partial charge in [-0.05, 0) is 18.4 Å². The van der Waals surface area contributed by atoms with Gasteiger partial charge in [0.25, 0.3) is 0 Å². The molecular formula is C23H38IN7. The van der Waals surface area contributed by atoms with Crippen molar-refractivity contribution in [2.24, 2.45) is 10.9 Å². The summed E-state index contributed by atoms with van der Waals surface area (Å²) in [6.07, 6.45) is 2.71. The monoisotopic (exact) mass is 539 g/mol. The number of benzene rings is 1. The van der Waals surface area contributed by atoms with Crippen molar-refractivity contribution in [2.75, 3.05) is 39.3 Å². The fraction of sp³-hybridized carbons (Fsp3) is 0.609. The number of rotatable bonds is 8. The molecule has 1 aliphatic rings. The van der Waals surface area contributed by atoms with Gasteiger partial charge in [0.1, 0.15) is 12.2 Å². The summed E-state index contributed by atoms with van der Waals surface area (Å²) in [6.45, 7) is 16.4. The number of aliphatic imine (C=N–C) groups is 1. The van der Waals surface area contributed by atoms with Gasteiger partial charge in [-0.3, -0.25) is 9.89 Å². The lowest BCUT2D eigenvalue weighted by atomic mass is 10.1. The second-order valence-electron chi connectivity index (χ2n) is 8.53. The third kappa shape index (κ3) is 8.07. The van der Waals surface area contributed by atoms with E-state index in [0.717, 1.165) is 70.6 Å². The summed E-state index contributed by atoms with van der Waals surface area (Å²) in [7, 11) is 0. The van der Waals surface area contributed by atoms with E-state index in [9.17, 15) is 0 Å². The van der Waals surface area contributed by atoms with Crippen LogP contribution >= 0.6 is 24.0 Å². The summed E-state index contributed by atoms with van der Waals surface area (Å²) in [5, 5.41) is 11.8. The molecule has 3 rings (SSSR count). The molecule has 0 atom stereocenters. The molecule has 31 heavy (non-hydrogen) atoms. The van der Waals surface area contributed by atoms with E-state index in [-0.39, 0.29) is 24.0 Å². The summed E-state index contributed by atoms with van der Waals surface area (Å²) < 4.78 is 2.12. The average Bonchev–Trinajstić information content (AvgIpc) is 3.18. The predicted molar refractivity (Wildman–Crippen MR) is 138 cm³/mol. The topological polar surface area (TPSA) is 61.6 Å². The zero-order valence-corrected chi connectivity index (χ0v) is 21.7. The van der Waals surface area contributed by atoms with Crippen LogP contribution in [0.5, 0.6) is 0 Å². The van der Waals surface area contributed by atoms with Gasteiger partial charge < -0.3 is 14.8 Å². The standard InChI is InChI=1S/C23H37N7.HI/c1-5-22-27-26-18-30(22)10-9-24-23(25-16-19(2)3)29-13-11-28(12-14-29)17-21-8-6-7-20(4)15-21;/h6-8,15,18-19H,5,9-14,16-17H2,1-4H3,(H,24,25);1H. The van der Waals surface area contributed by atoms with Crippen LogP contribution in [0.4, 0.5) is 0 Å². The Balaban J connectivity index is 0.00000341. The number of aryl methyl sites for hydroxylation is 2. The van der Waals surface area contributed by atoms with Crippen molar-refractivity contribution < 1.29 is 0 Å². The van der Waals surface area contributed by atoms with Crippen LogP contribution in [-0.4, -0.2) is 69.8 Å². The predicted octanol–water partition coefficient (Wildman–Crippen LogP) is 3.19. The quantitative estimate of drug-likeness (QED) is 0.317. The Hall–Kier alpha value is -1.68. The summed E-state index contributed by atoms with van der Waals surface area (Å²) in [5.74, 6) is 2.61. The Kier molecular flexibility index (Phi) is 10.7. The van der Waals surface area contributed by atoms with Crippen molar-refractivity contribution in [1.82, 2.24) is 29.9 Å². The van der Waals surface area contributed by atoms with Crippen LogP contribution in [0.2, 0.25) is 0 Å². The zero-order chi connectivity index (χ0) is 21.3. The molecule has 0 unspecified atom stereocenters. The molecule has 0 saturated carbocycles. The summed E-state index contributed by atoms with van der Waals surface area (Å²) in [4.78, 5) is 9.84.